The van der Waals surface area contributed by atoms with Crippen molar-refractivity contribution in [1.82, 2.24) is 5.32 Å². The van der Waals surface area contributed by atoms with Crippen molar-refractivity contribution in [1.29, 1.82) is 0 Å². The Morgan fingerprint density at radius 3 is 2.73 bits per heavy atom. The Morgan fingerprint density at radius 2 is 2.14 bits per heavy atom. The van der Waals surface area contributed by atoms with Crippen LogP contribution in [0.2, 0.25) is 0 Å². The van der Waals surface area contributed by atoms with Gasteiger partial charge in [-0.15, -0.1) is 12.4 Å². The number of ether oxygens (including phenoxy) is 1. The lowest BCUT2D eigenvalue weighted by Crippen LogP contribution is -2.41. The van der Waals surface area contributed by atoms with Crippen LogP contribution in [-0.2, 0) is 16.0 Å². The predicted octanol–water partition coefficient (Wildman–Crippen LogP) is 2.28. The molecule has 2 rings (SSSR count). The van der Waals surface area contributed by atoms with Crippen molar-refractivity contribution in [2.24, 2.45) is 5.73 Å². The second kappa shape index (κ2) is 8.51. The van der Waals surface area contributed by atoms with Gasteiger partial charge < -0.3 is 15.8 Å². The van der Waals surface area contributed by atoms with E-state index < -0.39 is 0 Å². The van der Waals surface area contributed by atoms with Crippen LogP contribution in [0.4, 0.5) is 0 Å². The van der Waals surface area contributed by atoms with Gasteiger partial charge in [-0.2, -0.15) is 0 Å². The van der Waals surface area contributed by atoms with Crippen LogP contribution in [0.1, 0.15) is 36.5 Å². The Hall–Kier alpha value is -1.10. The van der Waals surface area contributed by atoms with E-state index >= 15 is 0 Å². The van der Waals surface area contributed by atoms with Crippen molar-refractivity contribution < 1.29 is 9.53 Å². The van der Waals surface area contributed by atoms with Gasteiger partial charge >= 0.3 is 0 Å². The van der Waals surface area contributed by atoms with Gasteiger partial charge in [0.15, 0.2) is 0 Å². The number of halogens is 1. The SMILES string of the molecule is Cc1ccc(CC(C)NC(=O)[C@@H]2CC[C@H](CN)O2)c(C)c1.Cl. The minimum Gasteiger partial charge on any atom is -0.364 e. The Labute approximate surface area is 139 Å². The number of carbonyl (C=O) groups excluding carboxylic acids is 1. The lowest BCUT2D eigenvalue weighted by Gasteiger charge is -2.18. The minimum atomic E-state index is -0.333. The van der Waals surface area contributed by atoms with Crippen molar-refractivity contribution in [2.75, 3.05) is 6.54 Å². The molecule has 3 atom stereocenters. The Morgan fingerprint density at radius 1 is 1.41 bits per heavy atom. The van der Waals surface area contributed by atoms with Crippen molar-refractivity contribution >= 4 is 18.3 Å². The fourth-order valence-electron chi connectivity index (χ4n) is 2.86. The molecular formula is C17H27ClN2O2. The van der Waals surface area contributed by atoms with E-state index in [4.69, 9.17) is 10.5 Å². The van der Waals surface area contributed by atoms with E-state index in [-0.39, 0.29) is 36.6 Å². The largest absolute Gasteiger partial charge is 0.364 e. The van der Waals surface area contributed by atoms with Crippen LogP contribution < -0.4 is 11.1 Å². The van der Waals surface area contributed by atoms with Crippen molar-refractivity contribution in [3.05, 3.63) is 34.9 Å². The molecule has 1 aliphatic heterocycles. The van der Waals surface area contributed by atoms with Gasteiger partial charge in [0.05, 0.1) is 6.10 Å². The van der Waals surface area contributed by atoms with E-state index in [1.54, 1.807) is 0 Å². The van der Waals surface area contributed by atoms with Crippen LogP contribution in [0.25, 0.3) is 0 Å². The highest BCUT2D eigenvalue weighted by Crippen LogP contribution is 2.19. The summed E-state index contributed by atoms with van der Waals surface area (Å²) in [6, 6.07) is 6.53. The van der Waals surface area contributed by atoms with Crippen LogP contribution in [0, 0.1) is 13.8 Å². The van der Waals surface area contributed by atoms with Gasteiger partial charge in [0, 0.05) is 12.6 Å². The number of nitrogens with one attached hydrogen (secondary N) is 1. The number of rotatable bonds is 5. The second-order valence-electron chi connectivity index (χ2n) is 6.10. The number of hydrogen-bond donors (Lipinski definition) is 2. The summed E-state index contributed by atoms with van der Waals surface area (Å²) >= 11 is 0. The molecule has 0 spiro atoms. The summed E-state index contributed by atoms with van der Waals surface area (Å²) in [6.45, 7) is 6.73. The van der Waals surface area contributed by atoms with E-state index in [2.05, 4.69) is 37.4 Å². The third-order valence-corrected chi connectivity index (χ3v) is 4.08. The van der Waals surface area contributed by atoms with E-state index in [1.165, 1.54) is 16.7 Å². The number of aryl methyl sites for hydroxylation is 2. The summed E-state index contributed by atoms with van der Waals surface area (Å²) in [4.78, 5) is 12.2. The van der Waals surface area contributed by atoms with Crippen molar-refractivity contribution in [3.63, 3.8) is 0 Å². The maximum Gasteiger partial charge on any atom is 0.249 e. The first-order chi connectivity index (χ1) is 9.99. The zero-order chi connectivity index (χ0) is 15.4. The maximum absolute atomic E-state index is 12.2. The van der Waals surface area contributed by atoms with E-state index in [1.807, 2.05) is 6.92 Å². The van der Waals surface area contributed by atoms with Crippen LogP contribution in [0.3, 0.4) is 0 Å². The van der Waals surface area contributed by atoms with Crippen LogP contribution in [0.5, 0.6) is 0 Å². The molecule has 1 saturated heterocycles. The fraction of sp³-hybridized carbons (Fsp3) is 0.588. The van der Waals surface area contributed by atoms with Gasteiger partial charge in [0.25, 0.3) is 0 Å². The zero-order valence-corrected chi connectivity index (χ0v) is 14.4. The summed E-state index contributed by atoms with van der Waals surface area (Å²) in [5, 5.41) is 3.05. The van der Waals surface area contributed by atoms with E-state index in [0.29, 0.717) is 6.54 Å². The van der Waals surface area contributed by atoms with Gasteiger partial charge in [-0.25, -0.2) is 0 Å². The van der Waals surface area contributed by atoms with E-state index in [0.717, 1.165) is 19.3 Å². The third-order valence-electron chi connectivity index (χ3n) is 4.08. The lowest BCUT2D eigenvalue weighted by atomic mass is 10.00. The molecule has 5 heteroatoms. The quantitative estimate of drug-likeness (QED) is 0.872. The van der Waals surface area contributed by atoms with Gasteiger partial charge in [0.1, 0.15) is 6.10 Å². The predicted molar refractivity (Wildman–Crippen MR) is 91.4 cm³/mol. The standard InChI is InChI=1S/C17H26N2O2.ClH/c1-11-4-5-14(12(2)8-11)9-13(3)19-17(20)16-7-6-15(10-18)21-16;/h4-5,8,13,15-16H,6-7,9-10,18H2,1-3H3,(H,19,20);1H/t13?,15-,16+;/m1./s1. The van der Waals surface area contributed by atoms with Crippen molar-refractivity contribution in [3.8, 4) is 0 Å². The van der Waals surface area contributed by atoms with Gasteiger partial charge in [-0.3, -0.25) is 4.79 Å². The van der Waals surface area contributed by atoms with Gasteiger partial charge in [0.2, 0.25) is 5.91 Å². The molecule has 0 aliphatic carbocycles. The Balaban J connectivity index is 0.00000242. The summed E-state index contributed by atoms with van der Waals surface area (Å²) in [5.74, 6) is -0.0109. The lowest BCUT2D eigenvalue weighted by molar-refractivity contribution is -0.132. The molecule has 0 bridgehead atoms. The zero-order valence-electron chi connectivity index (χ0n) is 13.6. The normalized spacial score (nSPS) is 22.0. The number of carbonyl (C=O) groups is 1. The van der Waals surface area contributed by atoms with Crippen LogP contribution in [-0.4, -0.2) is 30.7 Å². The molecule has 1 amide bonds. The highest BCUT2D eigenvalue weighted by atomic mass is 35.5. The summed E-state index contributed by atoms with van der Waals surface area (Å²) in [6.07, 6.45) is 2.19. The van der Waals surface area contributed by atoms with Gasteiger partial charge in [-0.05, 0) is 51.2 Å². The summed E-state index contributed by atoms with van der Waals surface area (Å²) in [5.41, 5.74) is 9.39. The molecular weight excluding hydrogens is 300 g/mol. The molecule has 4 nitrogen and oxygen atoms in total. The van der Waals surface area contributed by atoms with E-state index in [9.17, 15) is 4.79 Å². The monoisotopic (exact) mass is 326 g/mol. The molecule has 1 aromatic carbocycles. The highest BCUT2D eigenvalue weighted by Gasteiger charge is 2.30. The summed E-state index contributed by atoms with van der Waals surface area (Å²) < 4.78 is 5.63. The summed E-state index contributed by atoms with van der Waals surface area (Å²) in [7, 11) is 0. The molecule has 1 fully saturated rings. The first kappa shape index (κ1) is 18.9. The smallest absolute Gasteiger partial charge is 0.249 e. The maximum atomic E-state index is 12.2. The molecule has 124 valence electrons. The molecule has 0 aromatic heterocycles. The first-order valence-corrected chi connectivity index (χ1v) is 7.71. The molecule has 1 aliphatic rings. The molecule has 0 saturated carbocycles. The van der Waals surface area contributed by atoms with Crippen LogP contribution in [0.15, 0.2) is 18.2 Å². The first-order valence-electron chi connectivity index (χ1n) is 7.71. The fourth-order valence-corrected chi connectivity index (χ4v) is 2.86. The minimum absolute atomic E-state index is 0. The van der Waals surface area contributed by atoms with Gasteiger partial charge in [-0.1, -0.05) is 23.8 Å². The average Bonchev–Trinajstić information content (AvgIpc) is 2.91. The third kappa shape index (κ3) is 4.97. The highest BCUT2D eigenvalue weighted by molar-refractivity contribution is 5.85. The van der Waals surface area contributed by atoms with Crippen molar-refractivity contribution in [2.45, 2.75) is 58.3 Å². The molecule has 1 heterocycles. The number of amides is 1. The number of nitrogens with two attached hydrogens (primary N) is 1. The second-order valence-corrected chi connectivity index (χ2v) is 6.10. The van der Waals surface area contributed by atoms with Crippen LogP contribution >= 0.6 is 12.4 Å². The molecule has 1 aromatic rings. The topological polar surface area (TPSA) is 64.4 Å². The Bertz CT molecular complexity index is 507. The number of benzene rings is 1. The Kier molecular flexibility index (Phi) is 7.33. The average molecular weight is 327 g/mol. The molecule has 0 radical (unpaired) electrons. The molecule has 3 N–H and O–H groups in total. The number of hydrogen-bond acceptors (Lipinski definition) is 3. The molecule has 1 unspecified atom stereocenters. The molecule has 22 heavy (non-hydrogen) atoms.